The summed E-state index contributed by atoms with van der Waals surface area (Å²) in [6.07, 6.45) is 5.30. The van der Waals surface area contributed by atoms with Gasteiger partial charge in [0, 0.05) is 12.6 Å². The molecule has 0 aliphatic carbocycles. The van der Waals surface area contributed by atoms with Crippen molar-refractivity contribution in [2.75, 3.05) is 26.7 Å². The van der Waals surface area contributed by atoms with Crippen molar-refractivity contribution < 1.29 is 4.79 Å². The summed E-state index contributed by atoms with van der Waals surface area (Å²) in [5.74, 6) is 0.220. The Kier molecular flexibility index (Phi) is 4.05. The standard InChI is InChI=1S/C13H25N3O/c1-3-13(7-5-8-14-13)12(17)15-11-6-4-9-16(2)10-11/h11,14H,3-10H2,1-2H3,(H,15,17). The van der Waals surface area contributed by atoms with Crippen molar-refractivity contribution >= 4 is 5.91 Å². The van der Waals surface area contributed by atoms with E-state index in [0.717, 1.165) is 45.3 Å². The van der Waals surface area contributed by atoms with E-state index in [1.165, 1.54) is 6.42 Å². The number of hydrogen-bond acceptors (Lipinski definition) is 3. The maximum absolute atomic E-state index is 12.4. The van der Waals surface area contributed by atoms with Gasteiger partial charge in [0.2, 0.25) is 5.91 Å². The van der Waals surface area contributed by atoms with Crippen LogP contribution < -0.4 is 10.6 Å². The van der Waals surface area contributed by atoms with Crippen molar-refractivity contribution in [1.82, 2.24) is 15.5 Å². The molecule has 0 spiro atoms. The molecule has 17 heavy (non-hydrogen) atoms. The predicted molar refractivity (Wildman–Crippen MR) is 68.9 cm³/mol. The van der Waals surface area contributed by atoms with Crippen molar-refractivity contribution in [3.05, 3.63) is 0 Å². The maximum Gasteiger partial charge on any atom is 0.240 e. The largest absolute Gasteiger partial charge is 0.350 e. The van der Waals surface area contributed by atoms with Crippen LogP contribution in [0, 0.1) is 0 Å². The van der Waals surface area contributed by atoms with Gasteiger partial charge in [-0.15, -0.1) is 0 Å². The second-order valence-corrected chi connectivity index (χ2v) is 5.54. The molecule has 0 saturated carbocycles. The number of nitrogens with one attached hydrogen (secondary N) is 2. The van der Waals surface area contributed by atoms with Crippen molar-refractivity contribution in [2.45, 2.75) is 50.6 Å². The van der Waals surface area contributed by atoms with Crippen LogP contribution in [0.3, 0.4) is 0 Å². The zero-order chi connectivity index (χ0) is 12.3. The second kappa shape index (κ2) is 5.36. The van der Waals surface area contributed by atoms with E-state index in [1.807, 2.05) is 0 Å². The Labute approximate surface area is 104 Å². The summed E-state index contributed by atoms with van der Waals surface area (Å²) >= 11 is 0. The summed E-state index contributed by atoms with van der Waals surface area (Å²) in [5, 5.41) is 6.63. The Morgan fingerprint density at radius 3 is 2.94 bits per heavy atom. The molecule has 2 saturated heterocycles. The third kappa shape index (κ3) is 2.80. The quantitative estimate of drug-likeness (QED) is 0.763. The third-order valence-electron chi connectivity index (χ3n) is 4.24. The van der Waals surface area contributed by atoms with Gasteiger partial charge in [0.15, 0.2) is 0 Å². The molecule has 0 radical (unpaired) electrons. The molecule has 2 aliphatic heterocycles. The van der Waals surface area contributed by atoms with Crippen molar-refractivity contribution in [3.63, 3.8) is 0 Å². The van der Waals surface area contributed by atoms with E-state index in [4.69, 9.17) is 0 Å². The van der Waals surface area contributed by atoms with E-state index in [-0.39, 0.29) is 11.4 Å². The minimum Gasteiger partial charge on any atom is -0.350 e. The first-order valence-electron chi connectivity index (χ1n) is 6.91. The maximum atomic E-state index is 12.4. The average molecular weight is 239 g/mol. The lowest BCUT2D eigenvalue weighted by Gasteiger charge is -2.34. The van der Waals surface area contributed by atoms with Crippen LogP contribution in [0.4, 0.5) is 0 Å². The fourth-order valence-electron chi connectivity index (χ4n) is 3.07. The third-order valence-corrected chi connectivity index (χ3v) is 4.24. The van der Waals surface area contributed by atoms with Gasteiger partial charge in [0.25, 0.3) is 0 Å². The molecule has 0 aromatic heterocycles. The van der Waals surface area contributed by atoms with Crippen LogP contribution in [-0.2, 0) is 4.79 Å². The van der Waals surface area contributed by atoms with E-state index in [9.17, 15) is 4.79 Å². The number of amides is 1. The molecule has 2 rings (SSSR count). The lowest BCUT2D eigenvalue weighted by molar-refractivity contribution is -0.128. The molecule has 1 amide bonds. The lowest BCUT2D eigenvalue weighted by atomic mass is 9.92. The number of likely N-dealkylation sites (N-methyl/N-ethyl adjacent to an activating group) is 1. The monoisotopic (exact) mass is 239 g/mol. The first-order valence-corrected chi connectivity index (χ1v) is 6.91. The van der Waals surface area contributed by atoms with Gasteiger partial charge in [-0.2, -0.15) is 0 Å². The minimum absolute atomic E-state index is 0.220. The van der Waals surface area contributed by atoms with Gasteiger partial charge in [-0.05, 0) is 52.2 Å². The molecule has 0 aromatic carbocycles. The van der Waals surface area contributed by atoms with E-state index in [2.05, 4.69) is 29.5 Å². The van der Waals surface area contributed by atoms with Crippen LogP contribution >= 0.6 is 0 Å². The van der Waals surface area contributed by atoms with Crippen LogP contribution in [0.1, 0.15) is 39.0 Å². The van der Waals surface area contributed by atoms with Gasteiger partial charge in [0.05, 0.1) is 5.54 Å². The van der Waals surface area contributed by atoms with Crippen LogP contribution in [0.2, 0.25) is 0 Å². The molecule has 2 atom stereocenters. The number of piperidine rings is 1. The van der Waals surface area contributed by atoms with Gasteiger partial charge < -0.3 is 15.5 Å². The summed E-state index contributed by atoms with van der Waals surface area (Å²) in [7, 11) is 2.13. The lowest BCUT2D eigenvalue weighted by Crippen LogP contribution is -2.57. The average Bonchev–Trinajstić information content (AvgIpc) is 2.78. The molecule has 0 bridgehead atoms. The topological polar surface area (TPSA) is 44.4 Å². The Balaban J connectivity index is 1.91. The highest BCUT2D eigenvalue weighted by molar-refractivity contribution is 5.86. The van der Waals surface area contributed by atoms with E-state index in [1.54, 1.807) is 0 Å². The molecule has 4 heteroatoms. The molecule has 2 heterocycles. The fraction of sp³-hybridized carbons (Fsp3) is 0.923. The molecule has 0 aromatic rings. The van der Waals surface area contributed by atoms with Gasteiger partial charge >= 0.3 is 0 Å². The normalized spacial score (nSPS) is 34.8. The number of carbonyl (C=O) groups is 1. The van der Waals surface area contributed by atoms with Crippen molar-refractivity contribution in [2.24, 2.45) is 0 Å². The summed E-state index contributed by atoms with van der Waals surface area (Å²) in [4.78, 5) is 14.7. The summed E-state index contributed by atoms with van der Waals surface area (Å²) in [6, 6.07) is 0.340. The first kappa shape index (κ1) is 12.8. The predicted octanol–water partition coefficient (Wildman–Crippen LogP) is 0.729. The summed E-state index contributed by atoms with van der Waals surface area (Å²) in [5.41, 5.74) is -0.282. The molecule has 98 valence electrons. The van der Waals surface area contributed by atoms with Crippen LogP contribution in [-0.4, -0.2) is 49.1 Å². The van der Waals surface area contributed by atoms with Crippen LogP contribution in [0.5, 0.6) is 0 Å². The molecule has 2 fully saturated rings. The highest BCUT2D eigenvalue weighted by Gasteiger charge is 2.39. The van der Waals surface area contributed by atoms with E-state index in [0.29, 0.717) is 6.04 Å². The van der Waals surface area contributed by atoms with Crippen LogP contribution in [0.15, 0.2) is 0 Å². The molecule has 2 N–H and O–H groups in total. The highest BCUT2D eigenvalue weighted by atomic mass is 16.2. The first-order chi connectivity index (χ1) is 8.16. The molecule has 4 nitrogen and oxygen atoms in total. The molecular formula is C13H25N3O. The second-order valence-electron chi connectivity index (χ2n) is 5.54. The Bertz CT molecular complexity index is 274. The van der Waals surface area contributed by atoms with Crippen LogP contribution in [0.25, 0.3) is 0 Å². The fourth-order valence-corrected chi connectivity index (χ4v) is 3.07. The number of likely N-dealkylation sites (tertiary alicyclic amines) is 1. The molecule has 2 aliphatic rings. The van der Waals surface area contributed by atoms with Gasteiger partial charge in [-0.1, -0.05) is 6.92 Å². The summed E-state index contributed by atoms with van der Waals surface area (Å²) < 4.78 is 0. The summed E-state index contributed by atoms with van der Waals surface area (Å²) in [6.45, 7) is 5.23. The van der Waals surface area contributed by atoms with Gasteiger partial charge in [-0.3, -0.25) is 4.79 Å². The highest BCUT2D eigenvalue weighted by Crippen LogP contribution is 2.23. The van der Waals surface area contributed by atoms with Crippen molar-refractivity contribution in [3.8, 4) is 0 Å². The van der Waals surface area contributed by atoms with Gasteiger partial charge in [0.1, 0.15) is 0 Å². The Morgan fingerprint density at radius 2 is 2.35 bits per heavy atom. The minimum atomic E-state index is -0.282. The smallest absolute Gasteiger partial charge is 0.240 e. The van der Waals surface area contributed by atoms with Gasteiger partial charge in [-0.25, -0.2) is 0 Å². The Hall–Kier alpha value is -0.610. The molecule has 2 unspecified atom stereocenters. The number of hydrogen-bond donors (Lipinski definition) is 2. The number of rotatable bonds is 3. The molecular weight excluding hydrogens is 214 g/mol. The van der Waals surface area contributed by atoms with E-state index < -0.39 is 0 Å². The number of carbonyl (C=O) groups excluding carboxylic acids is 1. The van der Waals surface area contributed by atoms with Crippen molar-refractivity contribution in [1.29, 1.82) is 0 Å². The zero-order valence-corrected chi connectivity index (χ0v) is 11.1. The van der Waals surface area contributed by atoms with E-state index >= 15 is 0 Å². The zero-order valence-electron chi connectivity index (χ0n) is 11.1. The SMILES string of the molecule is CCC1(C(=O)NC2CCCN(C)C2)CCCN1. The Morgan fingerprint density at radius 1 is 1.53 bits per heavy atom. The number of nitrogens with zero attached hydrogens (tertiary/aromatic N) is 1.